The standard InChI is InChI=1S/C20H22Br4O4/c1-9-15(21)13(16(22)10(2)19(9)27-7-5-25)14-17(23)11(3)20(28-8-6-26)12(4)18(14)24/h25-26H,5-8H2,1-4H3. The Morgan fingerprint density at radius 2 is 0.821 bits per heavy atom. The van der Waals surface area contributed by atoms with Crippen LogP contribution in [0.4, 0.5) is 0 Å². The summed E-state index contributed by atoms with van der Waals surface area (Å²) in [6.07, 6.45) is 0. The Bertz CT molecular complexity index is 765. The predicted octanol–water partition coefficient (Wildman–Crippen LogP) is 6.38. The van der Waals surface area contributed by atoms with Crippen LogP contribution in [0.15, 0.2) is 17.9 Å². The Balaban J connectivity index is 2.79. The molecule has 0 saturated carbocycles. The minimum Gasteiger partial charge on any atom is -0.491 e. The van der Waals surface area contributed by atoms with E-state index >= 15 is 0 Å². The third kappa shape index (κ3) is 4.47. The highest BCUT2D eigenvalue weighted by Gasteiger charge is 2.26. The van der Waals surface area contributed by atoms with E-state index in [0.29, 0.717) is 0 Å². The average molecular weight is 646 g/mol. The summed E-state index contributed by atoms with van der Waals surface area (Å²) < 4.78 is 15.1. The first-order valence-corrected chi connectivity index (χ1v) is 11.8. The summed E-state index contributed by atoms with van der Waals surface area (Å²) in [5.74, 6) is 1.50. The highest BCUT2D eigenvalue weighted by atomic mass is 79.9. The van der Waals surface area contributed by atoms with E-state index in [0.717, 1.165) is 62.8 Å². The number of rotatable bonds is 7. The molecule has 28 heavy (non-hydrogen) atoms. The van der Waals surface area contributed by atoms with Crippen molar-refractivity contribution in [2.24, 2.45) is 0 Å². The van der Waals surface area contributed by atoms with Gasteiger partial charge in [-0.15, -0.1) is 0 Å². The molecule has 0 heterocycles. The van der Waals surface area contributed by atoms with Crippen LogP contribution in [0.3, 0.4) is 0 Å². The molecule has 0 fully saturated rings. The molecule has 2 aromatic carbocycles. The van der Waals surface area contributed by atoms with Gasteiger partial charge in [0.25, 0.3) is 0 Å². The lowest BCUT2D eigenvalue weighted by Gasteiger charge is -2.23. The number of aliphatic hydroxyl groups is 2. The van der Waals surface area contributed by atoms with Gasteiger partial charge >= 0.3 is 0 Å². The predicted molar refractivity (Wildman–Crippen MR) is 127 cm³/mol. The van der Waals surface area contributed by atoms with Crippen LogP contribution in [0.2, 0.25) is 0 Å². The van der Waals surface area contributed by atoms with Crippen molar-refractivity contribution in [3.8, 4) is 22.6 Å². The zero-order valence-electron chi connectivity index (χ0n) is 16.1. The Morgan fingerprint density at radius 3 is 1.04 bits per heavy atom. The fourth-order valence-electron chi connectivity index (χ4n) is 3.07. The number of aliphatic hydroxyl groups excluding tert-OH is 2. The van der Waals surface area contributed by atoms with E-state index in [4.69, 9.17) is 19.7 Å². The van der Waals surface area contributed by atoms with Crippen molar-refractivity contribution in [2.45, 2.75) is 27.7 Å². The summed E-state index contributed by atoms with van der Waals surface area (Å²) in [6.45, 7) is 8.34. The molecule has 2 aromatic rings. The third-order valence-electron chi connectivity index (χ3n) is 4.48. The molecule has 0 atom stereocenters. The summed E-state index contributed by atoms with van der Waals surface area (Å²) in [7, 11) is 0. The lowest BCUT2D eigenvalue weighted by Crippen LogP contribution is -2.07. The zero-order chi connectivity index (χ0) is 21.2. The Labute approximate surface area is 199 Å². The molecule has 0 saturated heterocycles. The zero-order valence-corrected chi connectivity index (χ0v) is 22.4. The van der Waals surface area contributed by atoms with Crippen molar-refractivity contribution < 1.29 is 19.7 Å². The molecule has 2 rings (SSSR count). The summed E-state index contributed by atoms with van der Waals surface area (Å²) in [4.78, 5) is 0. The average Bonchev–Trinajstić information content (AvgIpc) is 2.67. The largest absolute Gasteiger partial charge is 0.491 e. The number of benzene rings is 2. The highest BCUT2D eigenvalue weighted by molar-refractivity contribution is 9.11. The topological polar surface area (TPSA) is 58.9 Å². The van der Waals surface area contributed by atoms with Gasteiger partial charge in [-0.2, -0.15) is 0 Å². The van der Waals surface area contributed by atoms with Crippen LogP contribution in [0, 0.1) is 27.7 Å². The molecule has 0 aliphatic heterocycles. The van der Waals surface area contributed by atoms with Gasteiger partial charge in [0.15, 0.2) is 0 Å². The maximum absolute atomic E-state index is 9.11. The molecular weight excluding hydrogens is 624 g/mol. The minimum atomic E-state index is -0.0410. The van der Waals surface area contributed by atoms with Gasteiger partial charge in [0.2, 0.25) is 0 Å². The van der Waals surface area contributed by atoms with Crippen LogP contribution in [-0.2, 0) is 0 Å². The van der Waals surface area contributed by atoms with E-state index in [2.05, 4.69) is 63.7 Å². The van der Waals surface area contributed by atoms with E-state index in [1.807, 2.05) is 27.7 Å². The van der Waals surface area contributed by atoms with E-state index < -0.39 is 0 Å². The summed E-state index contributed by atoms with van der Waals surface area (Å²) in [5, 5.41) is 18.2. The van der Waals surface area contributed by atoms with Gasteiger partial charge in [0, 0.05) is 51.3 Å². The second kappa shape index (κ2) is 10.3. The van der Waals surface area contributed by atoms with Crippen LogP contribution < -0.4 is 9.47 Å². The molecule has 0 aliphatic rings. The minimum absolute atomic E-state index is 0.0410. The molecule has 0 aliphatic carbocycles. The number of hydrogen-bond donors (Lipinski definition) is 2. The molecule has 0 aromatic heterocycles. The van der Waals surface area contributed by atoms with Crippen LogP contribution >= 0.6 is 63.7 Å². The van der Waals surface area contributed by atoms with Gasteiger partial charge in [-0.25, -0.2) is 0 Å². The first-order chi connectivity index (χ1) is 13.2. The molecule has 0 spiro atoms. The smallest absolute Gasteiger partial charge is 0.127 e. The van der Waals surface area contributed by atoms with Crippen molar-refractivity contribution >= 4 is 63.7 Å². The summed E-state index contributed by atoms with van der Waals surface area (Å²) in [6, 6.07) is 0. The Kier molecular flexibility index (Phi) is 8.85. The molecule has 4 nitrogen and oxygen atoms in total. The lowest BCUT2D eigenvalue weighted by atomic mass is 9.96. The van der Waals surface area contributed by atoms with Crippen molar-refractivity contribution in [1.82, 2.24) is 0 Å². The second-order valence-corrected chi connectivity index (χ2v) is 9.48. The van der Waals surface area contributed by atoms with Crippen LogP contribution in [-0.4, -0.2) is 36.6 Å². The first-order valence-electron chi connectivity index (χ1n) is 8.62. The van der Waals surface area contributed by atoms with Crippen molar-refractivity contribution in [1.29, 1.82) is 0 Å². The van der Waals surface area contributed by atoms with Gasteiger partial charge in [-0.1, -0.05) is 0 Å². The van der Waals surface area contributed by atoms with Crippen LogP contribution in [0.25, 0.3) is 11.1 Å². The quantitative estimate of drug-likeness (QED) is 0.367. The maximum atomic E-state index is 9.11. The monoisotopic (exact) mass is 642 g/mol. The maximum Gasteiger partial charge on any atom is 0.127 e. The third-order valence-corrected chi connectivity index (χ3v) is 8.45. The van der Waals surface area contributed by atoms with Crippen molar-refractivity contribution in [3.05, 3.63) is 40.1 Å². The highest BCUT2D eigenvalue weighted by Crippen LogP contribution is 2.52. The van der Waals surface area contributed by atoms with Gasteiger partial charge in [0.05, 0.1) is 13.2 Å². The van der Waals surface area contributed by atoms with Crippen molar-refractivity contribution in [3.63, 3.8) is 0 Å². The first kappa shape index (κ1) is 24.2. The number of halogens is 4. The fourth-order valence-corrected chi connectivity index (χ4v) is 5.91. The van der Waals surface area contributed by atoms with Crippen LogP contribution in [0.5, 0.6) is 11.5 Å². The molecular formula is C20H22Br4O4. The molecule has 0 bridgehead atoms. The van der Waals surface area contributed by atoms with E-state index in [-0.39, 0.29) is 26.4 Å². The summed E-state index contributed by atoms with van der Waals surface area (Å²) in [5.41, 5.74) is 5.81. The number of hydrogen-bond acceptors (Lipinski definition) is 4. The molecule has 154 valence electrons. The van der Waals surface area contributed by atoms with Gasteiger partial charge < -0.3 is 19.7 Å². The fraction of sp³-hybridized carbons (Fsp3) is 0.400. The number of ether oxygens (including phenoxy) is 2. The normalized spacial score (nSPS) is 11.1. The molecule has 8 heteroatoms. The van der Waals surface area contributed by atoms with Gasteiger partial charge in [-0.3, -0.25) is 0 Å². The van der Waals surface area contributed by atoms with Crippen molar-refractivity contribution in [2.75, 3.05) is 26.4 Å². The van der Waals surface area contributed by atoms with Crippen LogP contribution in [0.1, 0.15) is 22.3 Å². The van der Waals surface area contributed by atoms with Gasteiger partial charge in [-0.05, 0) is 91.4 Å². The Morgan fingerprint density at radius 1 is 0.571 bits per heavy atom. The van der Waals surface area contributed by atoms with E-state index in [1.54, 1.807) is 0 Å². The van der Waals surface area contributed by atoms with E-state index in [1.165, 1.54) is 0 Å². The lowest BCUT2D eigenvalue weighted by molar-refractivity contribution is 0.199. The second-order valence-electron chi connectivity index (χ2n) is 6.31. The molecule has 0 radical (unpaired) electrons. The summed E-state index contributed by atoms with van der Waals surface area (Å²) >= 11 is 15.0. The Hall–Kier alpha value is -0.120. The van der Waals surface area contributed by atoms with Gasteiger partial charge in [0.1, 0.15) is 24.7 Å². The molecule has 2 N–H and O–H groups in total. The molecule has 0 amide bonds. The SMILES string of the molecule is Cc1c(Br)c(-c2c(Br)c(C)c(OCCO)c(C)c2Br)c(Br)c(C)c1OCCO. The van der Waals surface area contributed by atoms with E-state index in [9.17, 15) is 0 Å². The molecule has 0 unspecified atom stereocenters.